The van der Waals surface area contributed by atoms with Crippen molar-refractivity contribution in [2.24, 2.45) is 16.8 Å². The van der Waals surface area contributed by atoms with Crippen LogP contribution in [0.3, 0.4) is 0 Å². The Labute approximate surface area is 234 Å². The van der Waals surface area contributed by atoms with Gasteiger partial charge in [0.25, 0.3) is 0 Å². The molecule has 1 aliphatic carbocycles. The van der Waals surface area contributed by atoms with Crippen LogP contribution in [-0.2, 0) is 26.3 Å². The number of ether oxygens (including phenoxy) is 1. The van der Waals surface area contributed by atoms with Crippen molar-refractivity contribution >= 4 is 23.2 Å². The molecule has 3 atom stereocenters. The predicted molar refractivity (Wildman–Crippen MR) is 148 cm³/mol. The number of aromatic hydroxyl groups is 1. The van der Waals surface area contributed by atoms with Gasteiger partial charge in [0.05, 0.1) is 13.2 Å². The van der Waals surface area contributed by atoms with Crippen molar-refractivity contribution in [3.05, 3.63) is 95.1 Å². The minimum atomic E-state index is -0.826. The number of phenols is 1. The summed E-state index contributed by atoms with van der Waals surface area (Å²) in [6.45, 7) is 6.78. The molecule has 0 aromatic heterocycles. The third-order valence-corrected chi connectivity index (χ3v) is 7.66. The van der Waals surface area contributed by atoms with E-state index in [1.165, 1.54) is 12.8 Å². The molecule has 1 fully saturated rings. The molecule has 3 aromatic rings. The number of benzene rings is 3. The van der Waals surface area contributed by atoms with Gasteiger partial charge < -0.3 is 9.84 Å². The number of methoxy groups -OCH3 is 1. The number of halogens is 2. The molecule has 190 valence electrons. The fraction of sp³-hybridized carbons (Fsp3) is 0.367. The Bertz CT molecular complexity index is 1090. The molecule has 1 N–H and O–H groups in total. The van der Waals surface area contributed by atoms with Crippen LogP contribution in [0.5, 0.6) is 11.5 Å². The fourth-order valence-corrected chi connectivity index (χ4v) is 5.19. The average molecular weight is 604 g/mol. The molecule has 0 saturated heterocycles. The van der Waals surface area contributed by atoms with Gasteiger partial charge in [-0.15, -0.1) is 0 Å². The average Bonchev–Trinajstić information content (AvgIpc) is 2.91. The van der Waals surface area contributed by atoms with E-state index in [0.717, 1.165) is 23.1 Å². The number of aliphatic imine (C=N–C) groups is 1. The second-order valence-electron chi connectivity index (χ2n) is 9.65. The number of hydrogen-bond donors (Lipinski definition) is 1. The van der Waals surface area contributed by atoms with E-state index in [0.29, 0.717) is 23.1 Å². The summed E-state index contributed by atoms with van der Waals surface area (Å²) < 4.78 is 5.67. The first kappa shape index (κ1) is 29.0. The van der Waals surface area contributed by atoms with Crippen LogP contribution in [0, 0.1) is 11.8 Å². The molecule has 36 heavy (non-hydrogen) atoms. The minimum absolute atomic E-state index is 0.256. The number of phenolic OH excluding ortho intramolecular Hbond substituents is 1. The van der Waals surface area contributed by atoms with Crippen LogP contribution < -0.4 is 4.74 Å². The normalized spacial score (nSPS) is 19.9. The molecule has 0 spiro atoms. The molecule has 4 rings (SSSR count). The Morgan fingerprint density at radius 2 is 1.53 bits per heavy atom. The van der Waals surface area contributed by atoms with E-state index in [-0.39, 0.29) is 11.8 Å². The Hall–Kier alpha value is -1.61. The van der Waals surface area contributed by atoms with Crippen LogP contribution in [0.1, 0.15) is 62.3 Å². The maximum atomic E-state index is 11.6. The van der Waals surface area contributed by atoms with Crippen molar-refractivity contribution in [2.45, 2.75) is 51.5 Å². The monoisotopic (exact) mass is 601 g/mol. The molecule has 1 aliphatic rings. The molecule has 3 aromatic carbocycles. The van der Waals surface area contributed by atoms with Gasteiger partial charge in [-0.3, -0.25) is 4.99 Å². The molecule has 6 heteroatoms. The zero-order valence-corrected chi connectivity index (χ0v) is 25.4. The molecule has 3 unspecified atom stereocenters. The van der Waals surface area contributed by atoms with Gasteiger partial charge in [-0.25, -0.2) is 0 Å². The van der Waals surface area contributed by atoms with Crippen molar-refractivity contribution in [2.75, 3.05) is 7.11 Å². The van der Waals surface area contributed by atoms with Gasteiger partial charge >= 0.3 is 37.9 Å². The summed E-state index contributed by atoms with van der Waals surface area (Å²) in [6, 6.07) is 24.8. The molecule has 0 heterocycles. The molecule has 0 amide bonds. The van der Waals surface area contributed by atoms with Gasteiger partial charge in [0.2, 0.25) is 0 Å². The fourth-order valence-electron chi connectivity index (χ4n) is 5.19. The molecule has 0 bridgehead atoms. The van der Waals surface area contributed by atoms with Crippen molar-refractivity contribution in [1.82, 2.24) is 0 Å². The SMILES string of the molecule is COc1cc(C=NC2CCCC(C)C2C)c(O)c(C(C)(c2ccccc2)c2ccccc2)c1.[Cl][Zr][Cl]. The zero-order valence-electron chi connectivity index (χ0n) is 21.4. The van der Waals surface area contributed by atoms with Crippen LogP contribution in [0.2, 0.25) is 0 Å². The summed E-state index contributed by atoms with van der Waals surface area (Å²) in [5.41, 5.74) is 3.17. The van der Waals surface area contributed by atoms with Gasteiger partial charge in [-0.2, -0.15) is 0 Å². The predicted octanol–water partition coefficient (Wildman–Crippen LogP) is 8.38. The second kappa shape index (κ2) is 13.8. The maximum absolute atomic E-state index is 11.6. The third-order valence-electron chi connectivity index (χ3n) is 7.66. The van der Waals surface area contributed by atoms with E-state index in [1.54, 1.807) is 7.11 Å². The summed E-state index contributed by atoms with van der Waals surface area (Å²) in [5.74, 6) is 2.19. The summed E-state index contributed by atoms with van der Waals surface area (Å²) in [7, 11) is 11.5. The Morgan fingerprint density at radius 1 is 0.972 bits per heavy atom. The van der Waals surface area contributed by atoms with E-state index in [1.807, 2.05) is 54.7 Å². The molecule has 0 aliphatic heterocycles. The third kappa shape index (κ3) is 6.63. The summed E-state index contributed by atoms with van der Waals surface area (Å²) in [5, 5.41) is 11.6. The quantitative estimate of drug-likeness (QED) is 0.227. The molecule has 3 nitrogen and oxygen atoms in total. The van der Waals surface area contributed by atoms with Crippen LogP contribution in [0.4, 0.5) is 0 Å². The van der Waals surface area contributed by atoms with Gasteiger partial charge in [0, 0.05) is 22.8 Å². The van der Waals surface area contributed by atoms with Gasteiger partial charge in [-0.05, 0) is 48.4 Å². The Morgan fingerprint density at radius 3 is 2.06 bits per heavy atom. The zero-order chi connectivity index (χ0) is 26.1. The molecule has 1 saturated carbocycles. The first-order chi connectivity index (χ1) is 17.4. The summed E-state index contributed by atoms with van der Waals surface area (Å²) in [4.78, 5) is 4.95. The van der Waals surface area contributed by atoms with Crippen LogP contribution in [0.15, 0.2) is 77.8 Å². The van der Waals surface area contributed by atoms with Crippen molar-refractivity contribution in [3.8, 4) is 11.5 Å². The van der Waals surface area contributed by atoms with E-state index < -0.39 is 26.3 Å². The van der Waals surface area contributed by atoms with Crippen LogP contribution >= 0.6 is 17.0 Å². The Kier molecular flexibility index (Phi) is 11.1. The second-order valence-corrected chi connectivity index (χ2v) is 13.4. The van der Waals surface area contributed by atoms with Crippen LogP contribution in [0.25, 0.3) is 0 Å². The molecular weight excluding hydrogens is 568 g/mol. The Balaban J connectivity index is 0.00000115. The van der Waals surface area contributed by atoms with Crippen LogP contribution in [-0.4, -0.2) is 24.5 Å². The standard InChI is InChI=1S/C30H35NO2.2ClH.Zr/c1-21-12-11-17-28(22(21)2)31-20-23-18-26(33-4)19-27(29(23)32)30(3,24-13-7-5-8-14-24)25-15-9-6-10-16-25;;;/h5-10,13-16,18-22,28,32H,11-12,17H2,1-4H3;2*1H;/q;;;+2/p-2. The molecular formula is C30H35Cl2NO2Zr. The first-order valence-corrected chi connectivity index (χ1v) is 18.7. The van der Waals surface area contributed by atoms with Gasteiger partial charge in [0.1, 0.15) is 11.5 Å². The summed E-state index contributed by atoms with van der Waals surface area (Å²) in [6.07, 6.45) is 5.44. The number of nitrogens with zero attached hydrogens (tertiary/aromatic N) is 1. The topological polar surface area (TPSA) is 41.8 Å². The van der Waals surface area contributed by atoms with Crippen molar-refractivity contribution in [1.29, 1.82) is 0 Å². The molecule has 0 radical (unpaired) electrons. The van der Waals surface area contributed by atoms with E-state index >= 15 is 0 Å². The van der Waals surface area contributed by atoms with Gasteiger partial charge in [0.15, 0.2) is 0 Å². The number of hydrogen-bond acceptors (Lipinski definition) is 3. The van der Waals surface area contributed by atoms with E-state index in [2.05, 4.69) is 45.0 Å². The van der Waals surface area contributed by atoms with E-state index in [9.17, 15) is 5.11 Å². The van der Waals surface area contributed by atoms with E-state index in [4.69, 9.17) is 26.8 Å². The van der Waals surface area contributed by atoms with Gasteiger partial charge in [-0.1, -0.05) is 87.4 Å². The number of rotatable bonds is 6. The first-order valence-electron chi connectivity index (χ1n) is 12.4. The van der Waals surface area contributed by atoms with Crippen molar-refractivity contribution < 1.29 is 30.7 Å². The van der Waals surface area contributed by atoms with Crippen molar-refractivity contribution in [3.63, 3.8) is 0 Å². The summed E-state index contributed by atoms with van der Waals surface area (Å²) >= 11 is -0.826.